The summed E-state index contributed by atoms with van der Waals surface area (Å²) < 4.78 is 21.1. The van der Waals surface area contributed by atoms with E-state index in [4.69, 9.17) is 47.0 Å². The van der Waals surface area contributed by atoms with Crippen molar-refractivity contribution in [1.29, 1.82) is 0 Å². The Morgan fingerprint density at radius 1 is 1.06 bits per heavy atom. The van der Waals surface area contributed by atoms with Gasteiger partial charge in [-0.05, 0) is 64.8 Å². The van der Waals surface area contributed by atoms with Gasteiger partial charge < -0.3 is 29.1 Å². The summed E-state index contributed by atoms with van der Waals surface area (Å²) in [5.41, 5.74) is -1.12. The number of nitrogens with one attached hydrogen (secondary N) is 2. The SMILES string of the molecule is COc1ccc(COC(=O)C2=C(CCl)CSC3C(NC(=O)/C(=N\OCC(=O)OC(C)(C)C)c4nc(NC(=O)OC(C)(C)C)sc4Cl)C(=O)N23)cc1. The largest absolute Gasteiger partial charge is 0.497 e. The molecule has 2 aliphatic heterocycles. The van der Waals surface area contributed by atoms with Crippen LogP contribution in [0.15, 0.2) is 40.7 Å². The van der Waals surface area contributed by atoms with E-state index in [9.17, 15) is 24.0 Å². The number of amides is 3. The van der Waals surface area contributed by atoms with E-state index < -0.39 is 64.8 Å². The molecule has 2 aromatic rings. The lowest BCUT2D eigenvalue weighted by Gasteiger charge is -2.49. The third-order valence-electron chi connectivity index (χ3n) is 6.61. The Hall–Kier alpha value is -4.06. The van der Waals surface area contributed by atoms with E-state index in [1.165, 1.54) is 23.8 Å². The molecular formula is C32H37Cl2N5O10S2. The van der Waals surface area contributed by atoms with Crippen LogP contribution in [-0.4, -0.2) is 93.4 Å². The van der Waals surface area contributed by atoms with E-state index in [0.717, 1.165) is 11.3 Å². The van der Waals surface area contributed by atoms with Crippen molar-refractivity contribution >= 4 is 87.0 Å². The van der Waals surface area contributed by atoms with Crippen molar-refractivity contribution in [2.75, 3.05) is 30.7 Å². The summed E-state index contributed by atoms with van der Waals surface area (Å²) in [4.78, 5) is 75.7. The van der Waals surface area contributed by atoms with Crippen LogP contribution >= 0.6 is 46.3 Å². The van der Waals surface area contributed by atoms with Crippen molar-refractivity contribution in [2.45, 2.75) is 70.8 Å². The van der Waals surface area contributed by atoms with Gasteiger partial charge in [-0.15, -0.1) is 23.4 Å². The quantitative estimate of drug-likeness (QED) is 0.0746. The molecule has 276 valence electrons. The number of oxime groups is 1. The Kier molecular flexibility index (Phi) is 12.9. The number of fused-ring (bicyclic) bond motifs is 1. The summed E-state index contributed by atoms with van der Waals surface area (Å²) in [7, 11) is 1.54. The van der Waals surface area contributed by atoms with Gasteiger partial charge in [0.2, 0.25) is 6.61 Å². The summed E-state index contributed by atoms with van der Waals surface area (Å²) in [5.74, 6) is -2.16. The molecule has 3 heterocycles. The van der Waals surface area contributed by atoms with Crippen LogP contribution < -0.4 is 15.4 Å². The molecule has 0 spiro atoms. The minimum atomic E-state index is -1.11. The first-order valence-corrected chi connectivity index (χ1v) is 18.1. The number of thioether (sulfide) groups is 1. The van der Waals surface area contributed by atoms with Gasteiger partial charge in [0.15, 0.2) is 10.8 Å². The van der Waals surface area contributed by atoms with Crippen LogP contribution in [0.5, 0.6) is 5.75 Å². The molecule has 19 heteroatoms. The molecule has 2 N–H and O–H groups in total. The number of hydrogen-bond donors (Lipinski definition) is 2. The van der Waals surface area contributed by atoms with Gasteiger partial charge in [0.25, 0.3) is 11.8 Å². The number of nitrogens with zero attached hydrogens (tertiary/aromatic N) is 3. The molecule has 2 atom stereocenters. The summed E-state index contributed by atoms with van der Waals surface area (Å²) in [5, 5.41) is 8.15. The summed E-state index contributed by atoms with van der Waals surface area (Å²) >= 11 is 14.7. The predicted molar refractivity (Wildman–Crippen MR) is 191 cm³/mol. The molecule has 0 saturated carbocycles. The van der Waals surface area contributed by atoms with E-state index in [-0.39, 0.29) is 39.1 Å². The number of aromatic nitrogens is 1. The number of rotatable bonds is 12. The van der Waals surface area contributed by atoms with Crippen LogP contribution in [0.3, 0.4) is 0 Å². The van der Waals surface area contributed by atoms with Crippen LogP contribution in [-0.2, 0) is 44.8 Å². The molecule has 4 rings (SSSR count). The number of esters is 2. The molecule has 1 saturated heterocycles. The van der Waals surface area contributed by atoms with Crippen LogP contribution in [0.2, 0.25) is 4.34 Å². The maximum absolute atomic E-state index is 13.7. The normalized spacial score (nSPS) is 17.5. The van der Waals surface area contributed by atoms with Gasteiger partial charge in [0, 0.05) is 11.6 Å². The second-order valence-electron chi connectivity index (χ2n) is 12.9. The number of methoxy groups -OCH3 is 1. The number of carbonyl (C=O) groups is 5. The monoisotopic (exact) mass is 785 g/mol. The second kappa shape index (κ2) is 16.5. The predicted octanol–water partition coefficient (Wildman–Crippen LogP) is 4.85. The van der Waals surface area contributed by atoms with Crippen LogP contribution in [0.4, 0.5) is 9.93 Å². The highest BCUT2D eigenvalue weighted by atomic mass is 35.5. The molecule has 2 aliphatic rings. The molecule has 0 bridgehead atoms. The molecule has 1 fully saturated rings. The minimum absolute atomic E-state index is 0.00718. The molecule has 51 heavy (non-hydrogen) atoms. The summed E-state index contributed by atoms with van der Waals surface area (Å²) in [6.07, 6.45) is -0.819. The number of β-lactam (4-membered cyclic amide) rings is 1. The van der Waals surface area contributed by atoms with E-state index in [0.29, 0.717) is 16.9 Å². The second-order valence-corrected chi connectivity index (χ2v) is 15.9. The fraction of sp³-hybridized carbons (Fsp3) is 0.469. The van der Waals surface area contributed by atoms with Crippen molar-refractivity contribution in [3.63, 3.8) is 0 Å². The Bertz CT molecular complexity index is 1730. The number of carbonyl (C=O) groups excluding carboxylic acids is 5. The Morgan fingerprint density at radius 2 is 1.73 bits per heavy atom. The van der Waals surface area contributed by atoms with Gasteiger partial charge in [0.1, 0.15) is 50.7 Å². The molecule has 3 amide bonds. The first-order valence-electron chi connectivity index (χ1n) is 15.3. The van der Waals surface area contributed by atoms with E-state index in [1.54, 1.807) is 65.8 Å². The zero-order valence-electron chi connectivity index (χ0n) is 28.8. The van der Waals surface area contributed by atoms with Crippen molar-refractivity contribution < 1.29 is 47.8 Å². The molecule has 15 nitrogen and oxygen atoms in total. The zero-order valence-corrected chi connectivity index (χ0v) is 31.9. The molecular weight excluding hydrogens is 749 g/mol. The topological polar surface area (TPSA) is 184 Å². The zero-order chi connectivity index (χ0) is 37.7. The number of alkyl halides is 1. The summed E-state index contributed by atoms with van der Waals surface area (Å²) in [6.45, 7) is 9.31. The number of benzene rings is 1. The molecule has 0 radical (unpaired) electrons. The van der Waals surface area contributed by atoms with Crippen molar-refractivity contribution in [3.05, 3.63) is 51.1 Å². The lowest BCUT2D eigenvalue weighted by Crippen LogP contribution is -2.71. The Balaban J connectivity index is 1.52. The highest BCUT2D eigenvalue weighted by Crippen LogP contribution is 2.41. The lowest BCUT2D eigenvalue weighted by molar-refractivity contribution is -0.160. The van der Waals surface area contributed by atoms with Gasteiger partial charge in [-0.1, -0.05) is 40.2 Å². The third kappa shape index (κ3) is 10.5. The van der Waals surface area contributed by atoms with E-state index >= 15 is 0 Å². The number of anilines is 1. The average molecular weight is 787 g/mol. The third-order valence-corrected chi connectivity index (χ3v) is 9.44. The number of halogens is 2. The molecule has 2 unspecified atom stereocenters. The van der Waals surface area contributed by atoms with Gasteiger partial charge >= 0.3 is 18.0 Å². The fourth-order valence-corrected chi connectivity index (χ4v) is 7.24. The van der Waals surface area contributed by atoms with Gasteiger partial charge in [0.05, 0.1) is 7.11 Å². The number of hydrogen-bond acceptors (Lipinski definition) is 14. The smallest absolute Gasteiger partial charge is 0.413 e. The van der Waals surface area contributed by atoms with Gasteiger partial charge in [-0.25, -0.2) is 19.4 Å². The number of thiazole rings is 1. The average Bonchev–Trinajstić information content (AvgIpc) is 3.40. The van der Waals surface area contributed by atoms with Gasteiger partial charge in [-0.3, -0.25) is 19.8 Å². The maximum atomic E-state index is 13.7. The van der Waals surface area contributed by atoms with Crippen molar-refractivity contribution in [1.82, 2.24) is 15.2 Å². The minimum Gasteiger partial charge on any atom is -0.497 e. The number of ether oxygens (including phenoxy) is 4. The van der Waals surface area contributed by atoms with Crippen molar-refractivity contribution in [3.8, 4) is 5.75 Å². The first-order chi connectivity index (χ1) is 23.9. The van der Waals surface area contributed by atoms with E-state index in [1.807, 2.05) is 0 Å². The highest BCUT2D eigenvalue weighted by molar-refractivity contribution is 8.00. The molecule has 0 aliphatic carbocycles. The Labute approximate surface area is 312 Å². The Morgan fingerprint density at radius 3 is 2.33 bits per heavy atom. The maximum Gasteiger partial charge on any atom is 0.413 e. The molecule has 1 aromatic heterocycles. The fourth-order valence-electron chi connectivity index (χ4n) is 4.53. The van der Waals surface area contributed by atoms with Gasteiger partial charge in [-0.2, -0.15) is 0 Å². The van der Waals surface area contributed by atoms with Crippen molar-refractivity contribution in [2.24, 2.45) is 5.16 Å². The molecule has 1 aromatic carbocycles. The van der Waals surface area contributed by atoms with Crippen LogP contribution in [0.25, 0.3) is 0 Å². The standard InChI is InChI=1S/C32H37Cl2N5O10S2/c1-31(2,3)48-19(40)14-47-38-21(20-24(34)51-29(36-20)37-30(44)49-32(4,5)6)25(41)35-22-26(42)39-23(17(12-33)15-50-27(22)39)28(43)46-13-16-8-10-18(45-7)11-9-16/h8-11,22,27H,12-15H2,1-7H3,(H,35,41)(H,36,37,44)/b38-21-. The van der Waals surface area contributed by atoms with Crippen LogP contribution in [0.1, 0.15) is 52.8 Å². The van der Waals surface area contributed by atoms with Crippen LogP contribution in [0, 0.1) is 0 Å². The highest BCUT2D eigenvalue weighted by Gasteiger charge is 2.54. The lowest BCUT2D eigenvalue weighted by atomic mass is 10.0. The van der Waals surface area contributed by atoms with E-state index in [2.05, 4.69) is 20.8 Å². The first kappa shape index (κ1) is 39.7. The summed E-state index contributed by atoms with van der Waals surface area (Å²) in [6, 6.07) is 5.82.